The molecule has 3 N–H and O–H groups in total. The minimum absolute atomic E-state index is 0.743. The van der Waals surface area contributed by atoms with E-state index in [1.54, 1.807) is 0 Å². The highest BCUT2D eigenvalue weighted by Crippen LogP contribution is 2.29. The van der Waals surface area contributed by atoms with Gasteiger partial charge in [-0.1, -0.05) is 13.8 Å². The van der Waals surface area contributed by atoms with E-state index < -0.39 is 0 Å². The van der Waals surface area contributed by atoms with Gasteiger partial charge in [-0.2, -0.15) is 0 Å². The Labute approximate surface area is 110 Å². The molecule has 0 atom stereocenters. The van der Waals surface area contributed by atoms with Crippen LogP contribution in [0.2, 0.25) is 0 Å². The lowest BCUT2D eigenvalue weighted by Gasteiger charge is -2.23. The molecule has 2 rings (SSSR count). The van der Waals surface area contributed by atoms with E-state index in [4.69, 9.17) is 5.84 Å². The molecule has 1 aromatic rings. The molecule has 1 fully saturated rings. The van der Waals surface area contributed by atoms with Crippen LogP contribution >= 0.6 is 0 Å². The zero-order chi connectivity index (χ0) is 13.0. The Kier molecular flexibility index (Phi) is 4.55. The lowest BCUT2D eigenvalue weighted by Crippen LogP contribution is -2.27. The zero-order valence-electron chi connectivity index (χ0n) is 11.4. The number of nitrogens with one attached hydrogen (secondary N) is 1. The summed E-state index contributed by atoms with van der Waals surface area (Å²) in [6.45, 7) is 6.77. The third-order valence-corrected chi connectivity index (χ3v) is 3.41. The van der Waals surface area contributed by atoms with Gasteiger partial charge < -0.3 is 5.43 Å². The summed E-state index contributed by atoms with van der Waals surface area (Å²) < 4.78 is 0. The summed E-state index contributed by atoms with van der Waals surface area (Å²) in [5.41, 5.74) is 3.89. The van der Waals surface area contributed by atoms with Crippen LogP contribution in [0.25, 0.3) is 0 Å². The lowest BCUT2D eigenvalue weighted by molar-refractivity contribution is 0.239. The molecule has 18 heavy (non-hydrogen) atoms. The monoisotopic (exact) mass is 248 g/mol. The van der Waals surface area contributed by atoms with E-state index in [-0.39, 0.29) is 0 Å². The molecule has 0 aromatic carbocycles. The van der Waals surface area contributed by atoms with Gasteiger partial charge in [0.15, 0.2) is 0 Å². The van der Waals surface area contributed by atoms with Crippen LogP contribution in [0, 0.1) is 5.92 Å². The predicted molar refractivity (Wildman–Crippen MR) is 74.9 cm³/mol. The standard InChI is InChI=1S/C14H24N4/c1-11(2)6-8-18(13-3-4-13)10-12-5-7-16-14(9-12)17-15/h5,7,9,11,13H,3-4,6,8,10,15H2,1-2H3,(H,16,17). The Morgan fingerprint density at radius 1 is 1.50 bits per heavy atom. The number of aromatic nitrogens is 1. The Balaban J connectivity index is 1.94. The molecule has 1 aromatic heterocycles. The number of rotatable bonds is 7. The van der Waals surface area contributed by atoms with Crippen molar-refractivity contribution in [3.8, 4) is 0 Å². The maximum atomic E-state index is 5.39. The van der Waals surface area contributed by atoms with Crippen molar-refractivity contribution >= 4 is 5.82 Å². The first kappa shape index (κ1) is 13.3. The fourth-order valence-electron chi connectivity index (χ4n) is 2.14. The summed E-state index contributed by atoms with van der Waals surface area (Å²) in [5, 5.41) is 0. The molecule has 0 spiro atoms. The number of nitrogens with zero attached hydrogens (tertiary/aromatic N) is 2. The van der Waals surface area contributed by atoms with E-state index in [0.29, 0.717) is 0 Å². The number of anilines is 1. The van der Waals surface area contributed by atoms with Crippen molar-refractivity contribution in [3.63, 3.8) is 0 Å². The van der Waals surface area contributed by atoms with Gasteiger partial charge in [-0.3, -0.25) is 4.90 Å². The van der Waals surface area contributed by atoms with Crippen LogP contribution in [0.15, 0.2) is 18.3 Å². The molecule has 4 heteroatoms. The molecule has 0 bridgehead atoms. The highest BCUT2D eigenvalue weighted by Gasteiger charge is 2.28. The quantitative estimate of drug-likeness (QED) is 0.574. The van der Waals surface area contributed by atoms with Crippen molar-refractivity contribution < 1.29 is 0 Å². The predicted octanol–water partition coefficient (Wildman–Crippen LogP) is 2.38. The van der Waals surface area contributed by atoms with Gasteiger partial charge in [0.2, 0.25) is 0 Å². The number of pyridine rings is 1. The van der Waals surface area contributed by atoms with Crippen molar-refractivity contribution in [2.75, 3.05) is 12.0 Å². The third-order valence-electron chi connectivity index (χ3n) is 3.41. The third kappa shape index (κ3) is 3.96. The van der Waals surface area contributed by atoms with E-state index in [1.807, 2.05) is 12.3 Å². The topological polar surface area (TPSA) is 54.2 Å². The fraction of sp³-hybridized carbons (Fsp3) is 0.643. The van der Waals surface area contributed by atoms with Gasteiger partial charge in [0.05, 0.1) is 0 Å². The first-order chi connectivity index (χ1) is 8.69. The number of nitrogens with two attached hydrogens (primary N) is 1. The van der Waals surface area contributed by atoms with Crippen molar-refractivity contribution in [3.05, 3.63) is 23.9 Å². The molecule has 0 aliphatic heterocycles. The Morgan fingerprint density at radius 2 is 2.28 bits per heavy atom. The molecule has 4 nitrogen and oxygen atoms in total. The average molecular weight is 248 g/mol. The van der Waals surface area contributed by atoms with Gasteiger partial charge in [-0.25, -0.2) is 10.8 Å². The van der Waals surface area contributed by atoms with Crippen molar-refractivity contribution in [1.82, 2.24) is 9.88 Å². The first-order valence-corrected chi connectivity index (χ1v) is 6.84. The Morgan fingerprint density at radius 3 is 2.89 bits per heavy atom. The van der Waals surface area contributed by atoms with E-state index in [1.165, 1.54) is 31.4 Å². The summed E-state index contributed by atoms with van der Waals surface area (Å²) in [6.07, 6.45) is 5.79. The normalized spacial score (nSPS) is 15.4. The van der Waals surface area contributed by atoms with Gasteiger partial charge in [-0.05, 0) is 49.4 Å². The van der Waals surface area contributed by atoms with Gasteiger partial charge in [0.1, 0.15) is 5.82 Å². The van der Waals surface area contributed by atoms with Crippen LogP contribution in [-0.2, 0) is 6.54 Å². The second-order valence-corrected chi connectivity index (χ2v) is 5.58. The van der Waals surface area contributed by atoms with Gasteiger partial charge in [0.25, 0.3) is 0 Å². The maximum Gasteiger partial charge on any atom is 0.140 e. The van der Waals surface area contributed by atoms with E-state index in [9.17, 15) is 0 Å². The summed E-state index contributed by atoms with van der Waals surface area (Å²) in [6, 6.07) is 4.90. The van der Waals surface area contributed by atoms with Crippen LogP contribution in [0.5, 0.6) is 0 Å². The molecule has 0 unspecified atom stereocenters. The Bertz CT molecular complexity index is 374. The molecule has 100 valence electrons. The molecule has 1 aliphatic rings. The lowest BCUT2D eigenvalue weighted by atomic mass is 10.1. The summed E-state index contributed by atoms with van der Waals surface area (Å²) >= 11 is 0. The van der Waals surface area contributed by atoms with Crippen LogP contribution in [-0.4, -0.2) is 22.5 Å². The number of hydrazine groups is 1. The zero-order valence-corrected chi connectivity index (χ0v) is 11.4. The number of hydrogen-bond donors (Lipinski definition) is 2. The minimum Gasteiger partial charge on any atom is -0.308 e. The van der Waals surface area contributed by atoms with Crippen LogP contribution < -0.4 is 11.3 Å². The molecular weight excluding hydrogens is 224 g/mol. The molecule has 1 heterocycles. The van der Waals surface area contributed by atoms with Crippen molar-refractivity contribution in [2.24, 2.45) is 11.8 Å². The minimum atomic E-state index is 0.743. The molecule has 0 saturated heterocycles. The summed E-state index contributed by atoms with van der Waals surface area (Å²) in [5.74, 6) is 6.91. The van der Waals surface area contributed by atoms with E-state index in [0.717, 1.165) is 24.3 Å². The highest BCUT2D eigenvalue weighted by molar-refractivity contribution is 5.35. The van der Waals surface area contributed by atoms with Crippen molar-refractivity contribution in [1.29, 1.82) is 0 Å². The molecule has 0 radical (unpaired) electrons. The van der Waals surface area contributed by atoms with Crippen LogP contribution in [0.3, 0.4) is 0 Å². The molecule has 1 saturated carbocycles. The Hall–Kier alpha value is -1.13. The van der Waals surface area contributed by atoms with Crippen LogP contribution in [0.4, 0.5) is 5.82 Å². The van der Waals surface area contributed by atoms with Gasteiger partial charge in [-0.15, -0.1) is 0 Å². The first-order valence-electron chi connectivity index (χ1n) is 6.84. The second kappa shape index (κ2) is 6.16. The van der Waals surface area contributed by atoms with E-state index >= 15 is 0 Å². The average Bonchev–Trinajstić information content (AvgIpc) is 3.18. The molecular formula is C14H24N4. The van der Waals surface area contributed by atoms with Crippen LogP contribution in [0.1, 0.15) is 38.7 Å². The maximum absolute atomic E-state index is 5.39. The summed E-state index contributed by atoms with van der Waals surface area (Å²) in [4.78, 5) is 6.74. The SMILES string of the molecule is CC(C)CCN(Cc1ccnc(NN)c1)C1CC1. The molecule has 1 aliphatic carbocycles. The highest BCUT2D eigenvalue weighted by atomic mass is 15.2. The second-order valence-electron chi connectivity index (χ2n) is 5.58. The fourth-order valence-corrected chi connectivity index (χ4v) is 2.14. The summed E-state index contributed by atoms with van der Waals surface area (Å²) in [7, 11) is 0. The van der Waals surface area contributed by atoms with Gasteiger partial charge >= 0.3 is 0 Å². The largest absolute Gasteiger partial charge is 0.308 e. The smallest absolute Gasteiger partial charge is 0.140 e. The van der Waals surface area contributed by atoms with Gasteiger partial charge in [0, 0.05) is 18.8 Å². The number of nitrogen functional groups attached to an aromatic ring is 1. The van der Waals surface area contributed by atoms with E-state index in [2.05, 4.69) is 35.2 Å². The number of hydrogen-bond acceptors (Lipinski definition) is 4. The molecule has 0 amide bonds. The van der Waals surface area contributed by atoms with Crippen molar-refractivity contribution in [2.45, 2.75) is 45.7 Å².